The summed E-state index contributed by atoms with van der Waals surface area (Å²) in [6.07, 6.45) is 1.47. The smallest absolute Gasteiger partial charge is 0.119 e. The van der Waals surface area contributed by atoms with Crippen LogP contribution < -0.4 is 10.5 Å². The van der Waals surface area contributed by atoms with Crippen LogP contribution in [-0.2, 0) is 4.74 Å². The average Bonchev–Trinajstić information content (AvgIpc) is 2.42. The van der Waals surface area contributed by atoms with Crippen LogP contribution in [-0.4, -0.2) is 31.5 Å². The fourth-order valence-electron chi connectivity index (χ4n) is 1.62. The number of benzene rings is 1. The lowest BCUT2D eigenvalue weighted by molar-refractivity contribution is 0.0487. The monoisotopic (exact) mass is 253 g/mol. The number of hydrogen-bond donors (Lipinski definition) is 2. The molecule has 1 rings (SSSR count). The van der Waals surface area contributed by atoms with Crippen molar-refractivity contribution in [3.05, 3.63) is 29.8 Å². The minimum Gasteiger partial charge on any atom is -0.494 e. The van der Waals surface area contributed by atoms with Crippen LogP contribution in [0.25, 0.3) is 0 Å². The van der Waals surface area contributed by atoms with Crippen LogP contribution in [0.2, 0.25) is 0 Å². The number of hydrogen-bond acceptors (Lipinski definition) is 4. The fourth-order valence-corrected chi connectivity index (χ4v) is 1.62. The van der Waals surface area contributed by atoms with Crippen LogP contribution in [0.3, 0.4) is 0 Å². The SMILES string of the molecule is CCCOc1cccc(C(CN)OCCCO)c1. The first-order valence-corrected chi connectivity index (χ1v) is 6.47. The minimum atomic E-state index is -0.137. The molecule has 0 radical (unpaired) electrons. The average molecular weight is 253 g/mol. The number of aliphatic hydroxyl groups excluding tert-OH is 1. The van der Waals surface area contributed by atoms with Gasteiger partial charge < -0.3 is 20.3 Å². The molecular weight excluding hydrogens is 230 g/mol. The zero-order valence-electron chi connectivity index (χ0n) is 11.0. The summed E-state index contributed by atoms with van der Waals surface area (Å²) in [4.78, 5) is 0. The van der Waals surface area contributed by atoms with Crippen molar-refractivity contribution in [3.8, 4) is 5.75 Å². The summed E-state index contributed by atoms with van der Waals surface area (Å²) in [6.45, 7) is 3.85. The standard InChI is InChI=1S/C14H23NO3/c1-2-8-17-13-6-3-5-12(10-13)14(11-15)18-9-4-7-16/h3,5-6,10,14,16H,2,4,7-9,11,15H2,1H3. The molecule has 4 heteroatoms. The summed E-state index contributed by atoms with van der Waals surface area (Å²) in [5.74, 6) is 0.846. The molecule has 0 amide bonds. The Hall–Kier alpha value is -1.10. The van der Waals surface area contributed by atoms with Crippen LogP contribution in [0.15, 0.2) is 24.3 Å². The van der Waals surface area contributed by atoms with E-state index >= 15 is 0 Å². The molecule has 0 aliphatic carbocycles. The Morgan fingerprint density at radius 2 is 2.17 bits per heavy atom. The summed E-state index contributed by atoms with van der Waals surface area (Å²) in [7, 11) is 0. The maximum Gasteiger partial charge on any atom is 0.119 e. The van der Waals surface area contributed by atoms with Gasteiger partial charge in [0.25, 0.3) is 0 Å². The predicted molar refractivity (Wildman–Crippen MR) is 71.7 cm³/mol. The van der Waals surface area contributed by atoms with E-state index in [0.717, 1.165) is 17.7 Å². The topological polar surface area (TPSA) is 64.7 Å². The van der Waals surface area contributed by atoms with Crippen LogP contribution in [0.4, 0.5) is 0 Å². The highest BCUT2D eigenvalue weighted by molar-refractivity contribution is 5.30. The second-order valence-electron chi connectivity index (χ2n) is 4.09. The van der Waals surface area contributed by atoms with Gasteiger partial charge in [-0.15, -0.1) is 0 Å². The summed E-state index contributed by atoms with van der Waals surface area (Å²) in [5, 5.41) is 8.73. The van der Waals surface area contributed by atoms with Crippen molar-refractivity contribution in [2.24, 2.45) is 5.73 Å². The molecule has 0 aliphatic heterocycles. The van der Waals surface area contributed by atoms with Gasteiger partial charge in [0.1, 0.15) is 5.75 Å². The third-order valence-corrected chi connectivity index (χ3v) is 2.54. The molecule has 0 heterocycles. The zero-order valence-corrected chi connectivity index (χ0v) is 11.0. The van der Waals surface area contributed by atoms with Gasteiger partial charge in [-0.05, 0) is 30.5 Å². The third kappa shape index (κ3) is 5.04. The molecule has 0 saturated carbocycles. The highest BCUT2D eigenvalue weighted by Gasteiger charge is 2.10. The second kappa shape index (κ2) is 8.91. The Morgan fingerprint density at radius 1 is 1.33 bits per heavy atom. The number of rotatable bonds is 9. The second-order valence-corrected chi connectivity index (χ2v) is 4.09. The maximum atomic E-state index is 8.73. The van der Waals surface area contributed by atoms with Crippen molar-refractivity contribution in [1.29, 1.82) is 0 Å². The molecule has 1 aromatic carbocycles. The lowest BCUT2D eigenvalue weighted by atomic mass is 10.1. The lowest BCUT2D eigenvalue weighted by Gasteiger charge is -2.17. The van der Waals surface area contributed by atoms with Crippen LogP contribution >= 0.6 is 0 Å². The largest absolute Gasteiger partial charge is 0.494 e. The highest BCUT2D eigenvalue weighted by atomic mass is 16.5. The zero-order chi connectivity index (χ0) is 13.2. The van der Waals surface area contributed by atoms with Crippen molar-refractivity contribution in [1.82, 2.24) is 0 Å². The normalized spacial score (nSPS) is 12.4. The van der Waals surface area contributed by atoms with E-state index in [2.05, 4.69) is 6.92 Å². The van der Waals surface area contributed by atoms with Gasteiger partial charge in [0, 0.05) is 19.8 Å². The molecule has 1 aromatic rings. The molecule has 18 heavy (non-hydrogen) atoms. The van der Waals surface area contributed by atoms with Crippen LogP contribution in [0.1, 0.15) is 31.4 Å². The fraction of sp³-hybridized carbons (Fsp3) is 0.571. The van der Waals surface area contributed by atoms with Gasteiger partial charge in [-0.3, -0.25) is 0 Å². The van der Waals surface area contributed by atoms with Gasteiger partial charge in [-0.1, -0.05) is 19.1 Å². The van der Waals surface area contributed by atoms with Crippen molar-refractivity contribution >= 4 is 0 Å². The van der Waals surface area contributed by atoms with Gasteiger partial charge in [-0.25, -0.2) is 0 Å². The Morgan fingerprint density at radius 3 is 2.83 bits per heavy atom. The third-order valence-electron chi connectivity index (χ3n) is 2.54. The molecule has 102 valence electrons. The summed E-state index contributed by atoms with van der Waals surface area (Å²) in [6, 6.07) is 7.82. The molecule has 0 bridgehead atoms. The molecule has 0 fully saturated rings. The van der Waals surface area contributed by atoms with Crippen molar-refractivity contribution < 1.29 is 14.6 Å². The van der Waals surface area contributed by atoms with E-state index in [9.17, 15) is 0 Å². The van der Waals surface area contributed by atoms with E-state index in [1.807, 2.05) is 24.3 Å². The first kappa shape index (κ1) is 15.0. The van der Waals surface area contributed by atoms with E-state index in [0.29, 0.717) is 26.2 Å². The number of ether oxygens (including phenoxy) is 2. The molecule has 0 saturated heterocycles. The summed E-state index contributed by atoms with van der Waals surface area (Å²) >= 11 is 0. The van der Waals surface area contributed by atoms with E-state index in [-0.39, 0.29) is 12.7 Å². The van der Waals surface area contributed by atoms with Crippen molar-refractivity contribution in [2.45, 2.75) is 25.9 Å². The van der Waals surface area contributed by atoms with E-state index in [1.165, 1.54) is 0 Å². The van der Waals surface area contributed by atoms with E-state index < -0.39 is 0 Å². The molecule has 0 spiro atoms. The first-order valence-electron chi connectivity index (χ1n) is 6.47. The molecule has 3 N–H and O–H groups in total. The highest BCUT2D eigenvalue weighted by Crippen LogP contribution is 2.21. The maximum absolute atomic E-state index is 8.73. The minimum absolute atomic E-state index is 0.136. The van der Waals surface area contributed by atoms with E-state index in [1.54, 1.807) is 0 Å². The Bertz CT molecular complexity index is 331. The van der Waals surface area contributed by atoms with Crippen LogP contribution in [0.5, 0.6) is 5.75 Å². The molecular formula is C14H23NO3. The molecule has 4 nitrogen and oxygen atoms in total. The Labute approximate surface area is 109 Å². The molecule has 0 aliphatic rings. The Balaban J connectivity index is 2.60. The molecule has 1 atom stereocenters. The van der Waals surface area contributed by atoms with Gasteiger partial charge in [-0.2, -0.15) is 0 Å². The van der Waals surface area contributed by atoms with Gasteiger partial charge in [0.2, 0.25) is 0 Å². The first-order chi connectivity index (χ1) is 8.81. The molecule has 0 aromatic heterocycles. The summed E-state index contributed by atoms with van der Waals surface area (Å²) < 4.78 is 11.2. The number of aliphatic hydroxyl groups is 1. The van der Waals surface area contributed by atoms with E-state index in [4.69, 9.17) is 20.3 Å². The Kier molecular flexibility index (Phi) is 7.41. The van der Waals surface area contributed by atoms with Crippen LogP contribution in [0, 0.1) is 0 Å². The van der Waals surface area contributed by atoms with Gasteiger partial charge >= 0.3 is 0 Å². The molecule has 1 unspecified atom stereocenters. The van der Waals surface area contributed by atoms with Gasteiger partial charge in [0.15, 0.2) is 0 Å². The number of nitrogens with two attached hydrogens (primary N) is 1. The van der Waals surface area contributed by atoms with Crippen molar-refractivity contribution in [3.63, 3.8) is 0 Å². The summed E-state index contributed by atoms with van der Waals surface area (Å²) in [5.41, 5.74) is 6.73. The predicted octanol–water partition coefficient (Wildman–Crippen LogP) is 1.87. The quantitative estimate of drug-likeness (QED) is 0.659. The van der Waals surface area contributed by atoms with Crippen molar-refractivity contribution in [2.75, 3.05) is 26.4 Å². The lowest BCUT2D eigenvalue weighted by Crippen LogP contribution is -2.17. The van der Waals surface area contributed by atoms with Gasteiger partial charge in [0.05, 0.1) is 12.7 Å².